The van der Waals surface area contributed by atoms with Crippen LogP contribution in [0.4, 0.5) is 0 Å². The standard InChI is InChI=1S/C25H29Cl2N3O3S/c1-16(31)29-10-7-17(8-11-29)24(32)30-12-9-22(28(2)25(33)23-4-3-13-34-23)19(15-30)18-5-6-20(26)21(27)14-18/h3-6,13-14,17,19,22H,7-12,15H2,1-2H3/t19-,22+/m0/s1. The van der Waals surface area contributed by atoms with Gasteiger partial charge in [0.2, 0.25) is 11.8 Å². The molecule has 0 N–H and O–H groups in total. The number of nitrogens with zero attached hydrogens (tertiary/aromatic N) is 3. The van der Waals surface area contributed by atoms with Crippen molar-refractivity contribution in [2.75, 3.05) is 33.2 Å². The predicted octanol–water partition coefficient (Wildman–Crippen LogP) is 4.77. The number of thiophene rings is 1. The summed E-state index contributed by atoms with van der Waals surface area (Å²) in [6.45, 7) is 3.92. The Kier molecular flexibility index (Phi) is 7.85. The molecule has 9 heteroatoms. The molecule has 0 radical (unpaired) electrons. The van der Waals surface area contributed by atoms with E-state index < -0.39 is 0 Å². The van der Waals surface area contributed by atoms with Crippen molar-refractivity contribution in [1.29, 1.82) is 0 Å². The number of piperidine rings is 2. The highest BCUT2D eigenvalue weighted by atomic mass is 35.5. The molecular formula is C25H29Cl2N3O3S. The maximum atomic E-state index is 13.4. The average molecular weight is 522 g/mol. The van der Waals surface area contributed by atoms with E-state index in [1.165, 1.54) is 11.3 Å². The Bertz CT molecular complexity index is 1050. The number of halogens is 2. The van der Waals surface area contributed by atoms with Gasteiger partial charge in [-0.3, -0.25) is 14.4 Å². The van der Waals surface area contributed by atoms with Crippen molar-refractivity contribution >= 4 is 52.3 Å². The molecule has 2 fully saturated rings. The van der Waals surface area contributed by atoms with E-state index in [4.69, 9.17) is 23.2 Å². The molecule has 0 spiro atoms. The second kappa shape index (κ2) is 10.7. The van der Waals surface area contributed by atoms with Crippen molar-refractivity contribution in [2.45, 2.75) is 38.1 Å². The Morgan fingerprint density at radius 2 is 1.71 bits per heavy atom. The first-order valence-electron chi connectivity index (χ1n) is 11.6. The normalized spacial score (nSPS) is 21.4. The van der Waals surface area contributed by atoms with E-state index in [1.54, 1.807) is 17.9 Å². The SMILES string of the molecule is CC(=O)N1CCC(C(=O)N2CC[C@@H](N(C)C(=O)c3cccs3)[C@H](c3ccc(Cl)c(Cl)c3)C2)CC1. The zero-order valence-electron chi connectivity index (χ0n) is 19.4. The van der Waals surface area contributed by atoms with Crippen LogP contribution in [0.1, 0.15) is 47.3 Å². The molecule has 1 aromatic carbocycles. The third kappa shape index (κ3) is 5.26. The Balaban J connectivity index is 1.54. The van der Waals surface area contributed by atoms with Crippen molar-refractivity contribution in [3.05, 3.63) is 56.2 Å². The molecule has 6 nitrogen and oxygen atoms in total. The minimum atomic E-state index is -0.0845. The lowest BCUT2D eigenvalue weighted by Gasteiger charge is -2.44. The molecule has 0 unspecified atom stereocenters. The van der Waals surface area contributed by atoms with Gasteiger partial charge in [-0.1, -0.05) is 35.3 Å². The molecule has 2 aliphatic heterocycles. The largest absolute Gasteiger partial charge is 0.343 e. The van der Waals surface area contributed by atoms with Crippen molar-refractivity contribution in [3.8, 4) is 0 Å². The lowest BCUT2D eigenvalue weighted by Crippen LogP contribution is -2.53. The zero-order valence-corrected chi connectivity index (χ0v) is 21.7. The molecule has 2 aromatic rings. The number of carbonyl (C=O) groups excluding carboxylic acids is 3. The molecule has 3 amide bonds. The van der Waals surface area contributed by atoms with E-state index in [9.17, 15) is 14.4 Å². The van der Waals surface area contributed by atoms with Crippen LogP contribution in [0.15, 0.2) is 35.7 Å². The number of rotatable bonds is 4. The molecule has 34 heavy (non-hydrogen) atoms. The molecule has 4 rings (SSSR count). The molecule has 0 bridgehead atoms. The van der Waals surface area contributed by atoms with Crippen LogP contribution < -0.4 is 0 Å². The lowest BCUT2D eigenvalue weighted by molar-refractivity contribution is -0.141. The number of hydrogen-bond donors (Lipinski definition) is 0. The van der Waals surface area contributed by atoms with Gasteiger partial charge in [0.05, 0.1) is 14.9 Å². The molecule has 2 aliphatic rings. The summed E-state index contributed by atoms with van der Waals surface area (Å²) >= 11 is 13.9. The number of hydrogen-bond acceptors (Lipinski definition) is 4. The summed E-state index contributed by atoms with van der Waals surface area (Å²) in [6, 6.07) is 9.20. The van der Waals surface area contributed by atoms with Crippen LogP contribution in [0.5, 0.6) is 0 Å². The maximum Gasteiger partial charge on any atom is 0.263 e. The molecule has 0 aliphatic carbocycles. The van der Waals surface area contributed by atoms with E-state index in [1.807, 2.05) is 46.5 Å². The fourth-order valence-corrected chi connectivity index (χ4v) is 6.11. The molecule has 0 saturated carbocycles. The third-order valence-electron chi connectivity index (χ3n) is 7.10. The summed E-state index contributed by atoms with van der Waals surface area (Å²) in [4.78, 5) is 44.4. The first-order chi connectivity index (χ1) is 16.3. The first-order valence-corrected chi connectivity index (χ1v) is 13.2. The topological polar surface area (TPSA) is 60.9 Å². The number of carbonyl (C=O) groups is 3. The minimum absolute atomic E-state index is 0.0126. The second-order valence-electron chi connectivity index (χ2n) is 9.09. The first kappa shape index (κ1) is 25.0. The summed E-state index contributed by atoms with van der Waals surface area (Å²) in [5.41, 5.74) is 0.967. The summed E-state index contributed by atoms with van der Waals surface area (Å²) in [6.07, 6.45) is 2.05. The van der Waals surface area contributed by atoms with Gasteiger partial charge in [-0.2, -0.15) is 0 Å². The Morgan fingerprint density at radius 1 is 1.00 bits per heavy atom. The van der Waals surface area contributed by atoms with E-state index in [0.717, 1.165) is 5.56 Å². The quantitative estimate of drug-likeness (QED) is 0.582. The van der Waals surface area contributed by atoms with Gasteiger partial charge in [-0.05, 0) is 48.4 Å². The fraction of sp³-hybridized carbons (Fsp3) is 0.480. The highest BCUT2D eigenvalue weighted by molar-refractivity contribution is 7.12. The fourth-order valence-electron chi connectivity index (χ4n) is 5.10. The van der Waals surface area contributed by atoms with Crippen LogP contribution in [0.2, 0.25) is 10.0 Å². The minimum Gasteiger partial charge on any atom is -0.343 e. The summed E-state index contributed by atoms with van der Waals surface area (Å²) in [5, 5.41) is 2.84. The number of benzene rings is 1. The monoisotopic (exact) mass is 521 g/mol. The summed E-state index contributed by atoms with van der Waals surface area (Å²) in [5.74, 6) is 0.0241. The molecule has 182 valence electrons. The van der Waals surface area contributed by atoms with Crippen LogP contribution in [-0.2, 0) is 9.59 Å². The predicted molar refractivity (Wildman–Crippen MR) is 136 cm³/mol. The van der Waals surface area contributed by atoms with Gasteiger partial charge in [0.25, 0.3) is 5.91 Å². The molecule has 1 aromatic heterocycles. The van der Waals surface area contributed by atoms with Gasteiger partial charge >= 0.3 is 0 Å². The van der Waals surface area contributed by atoms with Crippen molar-refractivity contribution in [3.63, 3.8) is 0 Å². The molecule has 3 heterocycles. The van der Waals surface area contributed by atoms with Gasteiger partial charge in [0.1, 0.15) is 0 Å². The zero-order chi connectivity index (χ0) is 24.4. The van der Waals surface area contributed by atoms with Crippen molar-refractivity contribution in [1.82, 2.24) is 14.7 Å². The number of likely N-dealkylation sites (tertiary alicyclic amines) is 2. The van der Waals surface area contributed by atoms with E-state index in [-0.39, 0.29) is 35.6 Å². The Morgan fingerprint density at radius 3 is 2.32 bits per heavy atom. The van der Waals surface area contributed by atoms with Gasteiger partial charge in [-0.25, -0.2) is 0 Å². The van der Waals surface area contributed by atoms with Crippen LogP contribution in [0, 0.1) is 5.92 Å². The second-order valence-corrected chi connectivity index (χ2v) is 10.9. The van der Waals surface area contributed by atoms with Gasteiger partial charge < -0.3 is 14.7 Å². The van der Waals surface area contributed by atoms with E-state index >= 15 is 0 Å². The van der Waals surface area contributed by atoms with Crippen LogP contribution in [0.25, 0.3) is 0 Å². The van der Waals surface area contributed by atoms with Crippen LogP contribution in [-0.4, -0.2) is 71.7 Å². The van der Waals surface area contributed by atoms with Crippen molar-refractivity contribution < 1.29 is 14.4 Å². The van der Waals surface area contributed by atoms with Crippen LogP contribution in [0.3, 0.4) is 0 Å². The lowest BCUT2D eigenvalue weighted by atomic mass is 9.84. The van der Waals surface area contributed by atoms with Gasteiger partial charge in [-0.15, -0.1) is 11.3 Å². The van der Waals surface area contributed by atoms with E-state index in [0.29, 0.717) is 60.4 Å². The number of amides is 3. The smallest absolute Gasteiger partial charge is 0.263 e. The van der Waals surface area contributed by atoms with Crippen LogP contribution >= 0.6 is 34.5 Å². The van der Waals surface area contributed by atoms with Crippen molar-refractivity contribution in [2.24, 2.45) is 5.92 Å². The highest BCUT2D eigenvalue weighted by Crippen LogP contribution is 2.35. The molecule has 2 saturated heterocycles. The summed E-state index contributed by atoms with van der Waals surface area (Å²) < 4.78 is 0. The highest BCUT2D eigenvalue weighted by Gasteiger charge is 2.39. The third-order valence-corrected chi connectivity index (χ3v) is 8.70. The van der Waals surface area contributed by atoms with Gasteiger partial charge in [0, 0.05) is 58.0 Å². The average Bonchev–Trinajstić information content (AvgIpc) is 3.39. The van der Waals surface area contributed by atoms with E-state index in [2.05, 4.69) is 0 Å². The molecule has 2 atom stereocenters. The summed E-state index contributed by atoms with van der Waals surface area (Å²) in [7, 11) is 1.84. The molecular weight excluding hydrogens is 493 g/mol. The maximum absolute atomic E-state index is 13.4. The van der Waals surface area contributed by atoms with Gasteiger partial charge in [0.15, 0.2) is 0 Å². The number of likely N-dealkylation sites (N-methyl/N-ethyl adjacent to an activating group) is 1. The Hall–Kier alpha value is -2.09. The Labute approximate surface area is 214 Å².